The van der Waals surface area contributed by atoms with Gasteiger partial charge in [0.15, 0.2) is 0 Å². The van der Waals surface area contributed by atoms with E-state index < -0.39 is 0 Å². The number of likely N-dealkylation sites (tertiary alicyclic amines) is 2. The van der Waals surface area contributed by atoms with E-state index in [1.165, 1.54) is 0 Å². The molecule has 25 heavy (non-hydrogen) atoms. The van der Waals surface area contributed by atoms with Crippen molar-refractivity contribution in [2.24, 2.45) is 5.92 Å². The van der Waals surface area contributed by atoms with E-state index in [2.05, 4.69) is 5.32 Å². The zero-order valence-electron chi connectivity index (χ0n) is 14.0. The minimum Gasteiger partial charge on any atom is -0.370 e. The molecule has 3 fully saturated rings. The van der Waals surface area contributed by atoms with Crippen LogP contribution in [0.5, 0.6) is 0 Å². The van der Waals surface area contributed by atoms with Crippen molar-refractivity contribution in [1.29, 1.82) is 0 Å². The van der Waals surface area contributed by atoms with Crippen molar-refractivity contribution < 1.29 is 14.3 Å². The zero-order chi connectivity index (χ0) is 17.4. The van der Waals surface area contributed by atoms with Gasteiger partial charge in [-0.25, -0.2) is 4.79 Å². The number of hydrogen-bond donors (Lipinski definition) is 1. The molecular weight excluding hydrogens is 342 g/mol. The Bertz CT molecular complexity index is 677. The van der Waals surface area contributed by atoms with Gasteiger partial charge in [0.05, 0.1) is 28.8 Å². The third kappa shape index (κ3) is 3.33. The minimum atomic E-state index is -0.205. The molecule has 1 aromatic rings. The number of para-hydroxylation sites is 1. The number of rotatable bonds is 2. The summed E-state index contributed by atoms with van der Waals surface area (Å²) < 4.78 is 5.95. The van der Waals surface area contributed by atoms with Crippen LogP contribution in [0.1, 0.15) is 19.3 Å². The Morgan fingerprint density at radius 1 is 1.12 bits per heavy atom. The molecule has 3 atom stereocenters. The maximum absolute atomic E-state index is 12.7. The van der Waals surface area contributed by atoms with Crippen LogP contribution >= 0.6 is 11.6 Å². The first kappa shape index (κ1) is 16.7. The molecule has 4 rings (SSSR count). The molecule has 3 unspecified atom stereocenters. The lowest BCUT2D eigenvalue weighted by Gasteiger charge is -2.33. The molecule has 3 amide bonds. The first-order chi connectivity index (χ1) is 12.1. The average molecular weight is 364 g/mol. The van der Waals surface area contributed by atoms with Gasteiger partial charge in [0, 0.05) is 26.2 Å². The van der Waals surface area contributed by atoms with E-state index in [9.17, 15) is 9.59 Å². The predicted molar refractivity (Wildman–Crippen MR) is 94.6 cm³/mol. The van der Waals surface area contributed by atoms with Crippen LogP contribution in [0.25, 0.3) is 0 Å². The average Bonchev–Trinajstić information content (AvgIpc) is 3.24. The quantitative estimate of drug-likeness (QED) is 0.878. The number of hydrogen-bond acceptors (Lipinski definition) is 3. The van der Waals surface area contributed by atoms with E-state index in [0.29, 0.717) is 30.2 Å². The molecule has 3 aliphatic heterocycles. The lowest BCUT2D eigenvalue weighted by Crippen LogP contribution is -2.49. The van der Waals surface area contributed by atoms with E-state index in [-0.39, 0.29) is 30.1 Å². The Kier molecular flexibility index (Phi) is 4.56. The van der Waals surface area contributed by atoms with Crippen molar-refractivity contribution in [2.75, 3.05) is 31.5 Å². The van der Waals surface area contributed by atoms with Gasteiger partial charge in [0.25, 0.3) is 0 Å². The number of nitrogens with one attached hydrogen (secondary N) is 1. The van der Waals surface area contributed by atoms with Crippen molar-refractivity contribution >= 4 is 29.2 Å². The highest BCUT2D eigenvalue weighted by Gasteiger charge is 2.47. The normalized spacial score (nSPS) is 28.3. The molecule has 0 saturated carbocycles. The number of anilines is 1. The van der Waals surface area contributed by atoms with Gasteiger partial charge >= 0.3 is 6.03 Å². The number of carbonyl (C=O) groups excluding carboxylic acids is 2. The SMILES string of the molecule is O=C(Nc1ccccc1Cl)N1CC2CC(C(=O)N3CCCC3)C(C1)O2. The molecule has 6 nitrogen and oxygen atoms in total. The van der Waals surface area contributed by atoms with E-state index >= 15 is 0 Å². The first-order valence-corrected chi connectivity index (χ1v) is 9.24. The van der Waals surface area contributed by atoms with E-state index in [1.54, 1.807) is 17.0 Å². The number of halogens is 1. The summed E-state index contributed by atoms with van der Waals surface area (Å²) in [6, 6.07) is 6.97. The summed E-state index contributed by atoms with van der Waals surface area (Å²) >= 11 is 6.11. The molecule has 7 heteroatoms. The molecule has 134 valence electrons. The monoisotopic (exact) mass is 363 g/mol. The van der Waals surface area contributed by atoms with Crippen LogP contribution in [-0.4, -0.2) is 60.1 Å². The van der Waals surface area contributed by atoms with Gasteiger partial charge in [0.2, 0.25) is 5.91 Å². The third-order valence-electron chi connectivity index (χ3n) is 5.29. The van der Waals surface area contributed by atoms with Crippen LogP contribution in [0.15, 0.2) is 24.3 Å². The molecule has 1 N–H and O–H groups in total. The van der Waals surface area contributed by atoms with Crippen LogP contribution in [0.2, 0.25) is 5.02 Å². The zero-order valence-corrected chi connectivity index (χ0v) is 14.7. The smallest absolute Gasteiger partial charge is 0.322 e. The number of morpholine rings is 1. The van der Waals surface area contributed by atoms with Crippen LogP contribution in [-0.2, 0) is 9.53 Å². The lowest BCUT2D eigenvalue weighted by molar-refractivity contribution is -0.137. The molecule has 3 aliphatic rings. The molecular formula is C18H22ClN3O3. The summed E-state index contributed by atoms with van der Waals surface area (Å²) in [5.74, 6) is 0.0691. The van der Waals surface area contributed by atoms with Crippen molar-refractivity contribution in [3.63, 3.8) is 0 Å². The lowest BCUT2D eigenvalue weighted by atomic mass is 9.99. The summed E-state index contributed by atoms with van der Waals surface area (Å²) in [5.41, 5.74) is 0.595. The Hall–Kier alpha value is -1.79. The molecule has 0 spiro atoms. The van der Waals surface area contributed by atoms with Crippen molar-refractivity contribution in [3.05, 3.63) is 29.3 Å². The van der Waals surface area contributed by atoms with E-state index in [0.717, 1.165) is 25.9 Å². The molecule has 3 saturated heterocycles. The Morgan fingerprint density at radius 3 is 2.64 bits per heavy atom. The maximum Gasteiger partial charge on any atom is 0.322 e. The van der Waals surface area contributed by atoms with Gasteiger partial charge in [-0.15, -0.1) is 0 Å². The predicted octanol–water partition coefficient (Wildman–Crippen LogP) is 2.58. The molecule has 2 bridgehead atoms. The van der Waals surface area contributed by atoms with Crippen LogP contribution in [0, 0.1) is 5.92 Å². The van der Waals surface area contributed by atoms with Crippen molar-refractivity contribution in [2.45, 2.75) is 31.5 Å². The fraction of sp³-hybridized carbons (Fsp3) is 0.556. The Balaban J connectivity index is 1.40. The van der Waals surface area contributed by atoms with Crippen molar-refractivity contribution in [3.8, 4) is 0 Å². The highest BCUT2D eigenvalue weighted by Crippen LogP contribution is 2.34. The topological polar surface area (TPSA) is 61.9 Å². The fourth-order valence-corrected chi connectivity index (χ4v) is 4.20. The highest BCUT2D eigenvalue weighted by atomic mass is 35.5. The van der Waals surface area contributed by atoms with Gasteiger partial charge in [-0.3, -0.25) is 4.79 Å². The summed E-state index contributed by atoms with van der Waals surface area (Å²) in [6.07, 6.45) is 2.60. The van der Waals surface area contributed by atoms with Crippen LogP contribution in [0.4, 0.5) is 10.5 Å². The number of fused-ring (bicyclic) bond motifs is 2. The van der Waals surface area contributed by atoms with Gasteiger partial charge < -0.3 is 19.9 Å². The summed E-state index contributed by atoms with van der Waals surface area (Å²) in [5, 5.41) is 3.36. The molecule has 0 aliphatic carbocycles. The minimum absolute atomic E-state index is 0.0627. The number of carbonyl (C=O) groups is 2. The molecule has 0 aromatic heterocycles. The van der Waals surface area contributed by atoms with E-state index in [4.69, 9.17) is 16.3 Å². The summed E-state index contributed by atoms with van der Waals surface area (Å²) in [6.45, 7) is 2.65. The van der Waals surface area contributed by atoms with Crippen molar-refractivity contribution in [1.82, 2.24) is 9.80 Å². The number of benzene rings is 1. The number of urea groups is 1. The largest absolute Gasteiger partial charge is 0.370 e. The number of nitrogens with zero attached hydrogens (tertiary/aromatic N) is 2. The number of amides is 3. The van der Waals surface area contributed by atoms with E-state index in [1.807, 2.05) is 17.0 Å². The third-order valence-corrected chi connectivity index (χ3v) is 5.62. The van der Waals surface area contributed by atoms with Gasteiger partial charge in [-0.1, -0.05) is 23.7 Å². The van der Waals surface area contributed by atoms with Gasteiger partial charge in [-0.2, -0.15) is 0 Å². The summed E-state index contributed by atoms with van der Waals surface area (Å²) in [7, 11) is 0. The summed E-state index contributed by atoms with van der Waals surface area (Å²) in [4.78, 5) is 29.0. The highest BCUT2D eigenvalue weighted by molar-refractivity contribution is 6.33. The maximum atomic E-state index is 12.7. The van der Waals surface area contributed by atoms with Crippen LogP contribution in [0.3, 0.4) is 0 Å². The first-order valence-electron chi connectivity index (χ1n) is 8.86. The molecule has 1 aromatic carbocycles. The molecule has 3 heterocycles. The van der Waals surface area contributed by atoms with Gasteiger partial charge in [0.1, 0.15) is 0 Å². The molecule has 0 radical (unpaired) electrons. The number of ether oxygens (including phenoxy) is 1. The second-order valence-electron chi connectivity index (χ2n) is 6.99. The Labute approximate surface area is 152 Å². The fourth-order valence-electron chi connectivity index (χ4n) is 4.01. The second-order valence-corrected chi connectivity index (χ2v) is 7.39. The van der Waals surface area contributed by atoms with Crippen LogP contribution < -0.4 is 5.32 Å². The standard InChI is InChI=1S/C18H22ClN3O3/c19-14-5-1-2-6-15(14)20-18(24)22-10-12-9-13(16(11-22)25-12)17(23)21-7-3-4-8-21/h1-2,5-6,12-13,16H,3-4,7-11H2,(H,20,24). The second kappa shape index (κ2) is 6.84. The van der Waals surface area contributed by atoms with Gasteiger partial charge in [-0.05, 0) is 31.4 Å². The Morgan fingerprint density at radius 2 is 1.88 bits per heavy atom.